The molecule has 0 aliphatic heterocycles. The van der Waals surface area contributed by atoms with E-state index in [2.05, 4.69) is 15.5 Å². The number of rotatable bonds is 3. The van der Waals surface area contributed by atoms with Crippen LogP contribution in [-0.4, -0.2) is 31.9 Å². The Morgan fingerprint density at radius 1 is 1.38 bits per heavy atom. The molecule has 0 fully saturated rings. The van der Waals surface area contributed by atoms with Gasteiger partial charge >= 0.3 is 0 Å². The molecular formula is C8H16N4O. The third kappa shape index (κ3) is 2.48. The van der Waals surface area contributed by atoms with Crippen molar-refractivity contribution in [3.63, 3.8) is 0 Å². The van der Waals surface area contributed by atoms with Crippen molar-refractivity contribution in [3.8, 4) is 0 Å². The zero-order chi connectivity index (χ0) is 9.90. The SMILES string of the molecule is CC(C)(C)n1nnnc1CCCO. The maximum Gasteiger partial charge on any atom is 0.151 e. The first-order chi connectivity index (χ1) is 6.05. The molecule has 1 heterocycles. The molecule has 0 atom stereocenters. The fourth-order valence-electron chi connectivity index (χ4n) is 1.12. The Morgan fingerprint density at radius 2 is 2.08 bits per heavy atom. The smallest absolute Gasteiger partial charge is 0.151 e. The van der Waals surface area contributed by atoms with E-state index in [1.54, 1.807) is 4.68 Å². The largest absolute Gasteiger partial charge is 0.396 e. The molecule has 5 nitrogen and oxygen atoms in total. The summed E-state index contributed by atoms with van der Waals surface area (Å²) in [6.45, 7) is 6.32. The van der Waals surface area contributed by atoms with Gasteiger partial charge in [-0.3, -0.25) is 0 Å². The lowest BCUT2D eigenvalue weighted by atomic mass is 10.1. The molecule has 0 unspecified atom stereocenters. The van der Waals surface area contributed by atoms with E-state index in [0.29, 0.717) is 6.42 Å². The summed E-state index contributed by atoms with van der Waals surface area (Å²) < 4.78 is 1.79. The Balaban J connectivity index is 2.77. The number of nitrogens with zero attached hydrogens (tertiary/aromatic N) is 4. The van der Waals surface area contributed by atoms with Gasteiger partial charge in [0.15, 0.2) is 5.82 Å². The van der Waals surface area contributed by atoms with Crippen LogP contribution in [0.2, 0.25) is 0 Å². The molecule has 0 radical (unpaired) electrons. The maximum atomic E-state index is 8.68. The Bertz CT molecular complexity index is 263. The molecule has 0 saturated carbocycles. The van der Waals surface area contributed by atoms with Gasteiger partial charge in [-0.15, -0.1) is 5.10 Å². The van der Waals surface area contributed by atoms with Gasteiger partial charge in [-0.25, -0.2) is 4.68 Å². The number of hydrogen-bond acceptors (Lipinski definition) is 4. The summed E-state index contributed by atoms with van der Waals surface area (Å²) >= 11 is 0. The normalized spacial score (nSPS) is 12.0. The fourth-order valence-corrected chi connectivity index (χ4v) is 1.12. The minimum atomic E-state index is -0.0890. The van der Waals surface area contributed by atoms with Crippen LogP contribution in [0.4, 0.5) is 0 Å². The molecule has 1 rings (SSSR count). The Hall–Kier alpha value is -0.970. The highest BCUT2D eigenvalue weighted by Crippen LogP contribution is 2.13. The van der Waals surface area contributed by atoms with Crippen molar-refractivity contribution in [3.05, 3.63) is 5.82 Å². The average molecular weight is 184 g/mol. The number of aromatic nitrogens is 4. The van der Waals surface area contributed by atoms with Crippen LogP contribution in [0.15, 0.2) is 0 Å². The fraction of sp³-hybridized carbons (Fsp3) is 0.875. The molecule has 1 N–H and O–H groups in total. The van der Waals surface area contributed by atoms with Crippen LogP contribution in [0, 0.1) is 0 Å². The van der Waals surface area contributed by atoms with Crippen molar-refractivity contribution in [2.75, 3.05) is 6.61 Å². The van der Waals surface area contributed by atoms with Crippen LogP contribution >= 0.6 is 0 Å². The van der Waals surface area contributed by atoms with Gasteiger partial charge in [-0.1, -0.05) is 0 Å². The molecule has 0 bridgehead atoms. The predicted octanol–water partition coefficient (Wildman–Crippen LogP) is 0.353. The van der Waals surface area contributed by atoms with Crippen LogP contribution in [-0.2, 0) is 12.0 Å². The number of tetrazole rings is 1. The van der Waals surface area contributed by atoms with Gasteiger partial charge in [0.1, 0.15) is 0 Å². The quantitative estimate of drug-likeness (QED) is 0.736. The van der Waals surface area contributed by atoms with E-state index >= 15 is 0 Å². The second kappa shape index (κ2) is 3.83. The summed E-state index contributed by atoms with van der Waals surface area (Å²) in [7, 11) is 0. The Kier molecular flexibility index (Phi) is 2.98. The lowest BCUT2D eigenvalue weighted by Gasteiger charge is -2.19. The van der Waals surface area contributed by atoms with Crippen molar-refractivity contribution < 1.29 is 5.11 Å². The van der Waals surface area contributed by atoms with Crippen molar-refractivity contribution in [1.29, 1.82) is 0 Å². The molecule has 0 aliphatic rings. The number of aliphatic hydroxyl groups excluding tert-OH is 1. The van der Waals surface area contributed by atoms with Gasteiger partial charge in [0, 0.05) is 13.0 Å². The van der Waals surface area contributed by atoms with Gasteiger partial charge in [0.25, 0.3) is 0 Å². The average Bonchev–Trinajstić information content (AvgIpc) is 2.47. The standard InChI is InChI=1S/C8H16N4O/c1-8(2,3)12-7(5-4-6-13)9-10-11-12/h13H,4-6H2,1-3H3. The Morgan fingerprint density at radius 3 is 2.62 bits per heavy atom. The van der Waals surface area contributed by atoms with E-state index in [-0.39, 0.29) is 12.1 Å². The summed E-state index contributed by atoms with van der Waals surface area (Å²) in [5.41, 5.74) is -0.0890. The molecule has 13 heavy (non-hydrogen) atoms. The second-order valence-electron chi connectivity index (χ2n) is 4.00. The van der Waals surface area contributed by atoms with Gasteiger partial charge in [-0.05, 0) is 37.6 Å². The highest BCUT2D eigenvalue weighted by Gasteiger charge is 2.18. The third-order valence-corrected chi connectivity index (χ3v) is 1.73. The van der Waals surface area contributed by atoms with E-state index < -0.39 is 0 Å². The van der Waals surface area contributed by atoms with Crippen molar-refractivity contribution in [2.24, 2.45) is 0 Å². The topological polar surface area (TPSA) is 63.8 Å². The van der Waals surface area contributed by atoms with Gasteiger partial charge < -0.3 is 5.11 Å². The van der Waals surface area contributed by atoms with E-state index in [9.17, 15) is 0 Å². The second-order valence-corrected chi connectivity index (χ2v) is 4.00. The van der Waals surface area contributed by atoms with Crippen LogP contribution in [0.25, 0.3) is 0 Å². The molecule has 0 spiro atoms. The maximum absolute atomic E-state index is 8.68. The minimum absolute atomic E-state index is 0.0890. The molecule has 5 heteroatoms. The van der Waals surface area contributed by atoms with Crippen molar-refractivity contribution in [1.82, 2.24) is 20.2 Å². The molecule has 0 amide bonds. The summed E-state index contributed by atoms with van der Waals surface area (Å²) in [6, 6.07) is 0. The van der Waals surface area contributed by atoms with Crippen LogP contribution in [0.5, 0.6) is 0 Å². The molecule has 1 aromatic rings. The first-order valence-corrected chi connectivity index (χ1v) is 4.44. The molecule has 0 aromatic carbocycles. The lowest BCUT2D eigenvalue weighted by molar-refractivity contribution is 0.281. The Labute approximate surface area is 77.8 Å². The van der Waals surface area contributed by atoms with E-state index in [4.69, 9.17) is 5.11 Å². The number of aliphatic hydroxyl groups is 1. The van der Waals surface area contributed by atoms with Crippen molar-refractivity contribution in [2.45, 2.75) is 39.2 Å². The lowest BCUT2D eigenvalue weighted by Crippen LogP contribution is -2.25. The highest BCUT2D eigenvalue weighted by atomic mass is 16.2. The molecule has 0 saturated heterocycles. The first kappa shape index (κ1) is 10.1. The van der Waals surface area contributed by atoms with E-state index in [0.717, 1.165) is 12.2 Å². The van der Waals surface area contributed by atoms with Crippen LogP contribution in [0.1, 0.15) is 33.0 Å². The summed E-state index contributed by atoms with van der Waals surface area (Å²) in [5, 5.41) is 20.1. The van der Waals surface area contributed by atoms with E-state index in [1.807, 2.05) is 20.8 Å². The monoisotopic (exact) mass is 184 g/mol. The predicted molar refractivity (Wildman–Crippen MR) is 48.2 cm³/mol. The van der Waals surface area contributed by atoms with Gasteiger partial charge in [-0.2, -0.15) is 0 Å². The minimum Gasteiger partial charge on any atom is -0.396 e. The van der Waals surface area contributed by atoms with Gasteiger partial charge in [0.05, 0.1) is 5.54 Å². The number of hydrogen-bond donors (Lipinski definition) is 1. The zero-order valence-electron chi connectivity index (χ0n) is 8.36. The molecule has 0 aliphatic carbocycles. The zero-order valence-corrected chi connectivity index (χ0v) is 8.36. The van der Waals surface area contributed by atoms with Gasteiger partial charge in [0.2, 0.25) is 0 Å². The van der Waals surface area contributed by atoms with E-state index in [1.165, 1.54) is 0 Å². The number of aryl methyl sites for hydroxylation is 1. The summed E-state index contributed by atoms with van der Waals surface area (Å²) in [5.74, 6) is 0.835. The molecular weight excluding hydrogens is 168 g/mol. The summed E-state index contributed by atoms with van der Waals surface area (Å²) in [6.07, 6.45) is 1.43. The third-order valence-electron chi connectivity index (χ3n) is 1.73. The van der Waals surface area contributed by atoms with Crippen LogP contribution in [0.3, 0.4) is 0 Å². The van der Waals surface area contributed by atoms with Crippen LogP contribution < -0.4 is 0 Å². The first-order valence-electron chi connectivity index (χ1n) is 4.44. The highest BCUT2D eigenvalue weighted by molar-refractivity contribution is 4.86. The summed E-state index contributed by atoms with van der Waals surface area (Å²) in [4.78, 5) is 0. The molecule has 1 aromatic heterocycles. The molecule has 74 valence electrons. The van der Waals surface area contributed by atoms with Crippen molar-refractivity contribution >= 4 is 0 Å².